The molecule has 0 radical (unpaired) electrons. The van der Waals surface area contributed by atoms with E-state index in [4.69, 9.17) is 5.10 Å². The Morgan fingerprint density at radius 3 is 2.67 bits per heavy atom. The van der Waals surface area contributed by atoms with Crippen molar-refractivity contribution in [1.82, 2.24) is 24.8 Å². The minimum atomic E-state index is -4.39. The molecular weight excluding hydrogens is 377 g/mol. The Bertz CT molecular complexity index is 977. The van der Waals surface area contributed by atoms with E-state index in [1.54, 1.807) is 0 Å². The summed E-state index contributed by atoms with van der Waals surface area (Å²) in [7, 11) is 0. The summed E-state index contributed by atoms with van der Waals surface area (Å²) in [4.78, 5) is 5.97. The Labute approximate surface area is 157 Å². The van der Waals surface area contributed by atoms with Crippen molar-refractivity contribution in [3.63, 3.8) is 0 Å². The van der Waals surface area contributed by atoms with Crippen LogP contribution in [-0.2, 0) is 6.18 Å². The van der Waals surface area contributed by atoms with Gasteiger partial charge in [-0.2, -0.15) is 17.7 Å². The number of aromatic nitrogens is 5. The summed E-state index contributed by atoms with van der Waals surface area (Å²) in [5.74, 6) is 2.13. The second-order valence-corrected chi connectivity index (χ2v) is 8.04. The maximum Gasteiger partial charge on any atom is 0.434 e. The minimum absolute atomic E-state index is 0.0128. The van der Waals surface area contributed by atoms with Crippen LogP contribution < -0.4 is 4.90 Å². The van der Waals surface area contributed by atoms with Crippen LogP contribution in [0.5, 0.6) is 0 Å². The fraction of sp³-hybridized carbons (Fsp3) is 0.529. The maximum absolute atomic E-state index is 12.8. The highest BCUT2D eigenvalue weighted by molar-refractivity contribution is 7.09. The van der Waals surface area contributed by atoms with Gasteiger partial charge >= 0.3 is 6.18 Å². The summed E-state index contributed by atoms with van der Waals surface area (Å²) in [6.07, 6.45) is -0.427. The van der Waals surface area contributed by atoms with Gasteiger partial charge in [0.15, 0.2) is 17.2 Å². The molecule has 0 aromatic carbocycles. The number of piperidine rings is 1. The van der Waals surface area contributed by atoms with Crippen molar-refractivity contribution in [2.24, 2.45) is 0 Å². The molecule has 5 rings (SSSR count). The fourth-order valence-corrected chi connectivity index (χ4v) is 4.51. The highest BCUT2D eigenvalue weighted by Gasteiger charge is 2.35. The zero-order chi connectivity index (χ0) is 18.6. The molecule has 4 heterocycles. The van der Waals surface area contributed by atoms with E-state index >= 15 is 0 Å². The van der Waals surface area contributed by atoms with E-state index in [0.29, 0.717) is 17.5 Å². The van der Waals surface area contributed by atoms with Gasteiger partial charge in [0.2, 0.25) is 0 Å². The summed E-state index contributed by atoms with van der Waals surface area (Å²) >= 11 is 1.10. The quantitative estimate of drug-likeness (QED) is 0.675. The Kier molecular flexibility index (Phi) is 3.85. The first-order valence-corrected chi connectivity index (χ1v) is 9.87. The van der Waals surface area contributed by atoms with E-state index in [9.17, 15) is 13.2 Å². The van der Waals surface area contributed by atoms with Crippen molar-refractivity contribution in [1.29, 1.82) is 0 Å². The van der Waals surface area contributed by atoms with Gasteiger partial charge in [0.25, 0.3) is 0 Å². The van der Waals surface area contributed by atoms with Gasteiger partial charge in [-0.15, -0.1) is 26.6 Å². The van der Waals surface area contributed by atoms with Crippen LogP contribution in [0.15, 0.2) is 17.5 Å². The Morgan fingerprint density at radius 1 is 1.07 bits per heavy atom. The number of nitrogens with zero attached hydrogens (tertiary/aromatic N) is 6. The molecule has 1 saturated heterocycles. The number of alkyl halides is 3. The lowest BCUT2D eigenvalue weighted by Crippen LogP contribution is -2.35. The first-order valence-electron chi connectivity index (χ1n) is 8.99. The summed E-state index contributed by atoms with van der Waals surface area (Å²) in [6, 6.07) is 3.81. The average Bonchev–Trinajstić information content (AvgIpc) is 3.21. The third-order valence-electron chi connectivity index (χ3n) is 5.12. The second kappa shape index (κ2) is 6.15. The third-order valence-corrected chi connectivity index (χ3v) is 6.13. The SMILES string of the molecule is FC(F)(F)c1csc(C2CCCN(c3ccc4nnc(C5CC5)n4n3)C2)n1. The average molecular weight is 394 g/mol. The van der Waals surface area contributed by atoms with E-state index in [0.717, 1.165) is 66.2 Å². The fourth-order valence-electron chi connectivity index (χ4n) is 3.55. The first-order chi connectivity index (χ1) is 13.0. The molecule has 1 aliphatic carbocycles. The third kappa shape index (κ3) is 3.15. The van der Waals surface area contributed by atoms with Crippen molar-refractivity contribution in [2.45, 2.75) is 43.7 Å². The molecule has 1 aliphatic heterocycles. The van der Waals surface area contributed by atoms with Crippen LogP contribution >= 0.6 is 11.3 Å². The Balaban J connectivity index is 1.40. The number of hydrogen-bond donors (Lipinski definition) is 0. The largest absolute Gasteiger partial charge is 0.434 e. The van der Waals surface area contributed by atoms with Gasteiger partial charge in [-0.05, 0) is 37.8 Å². The molecule has 2 fully saturated rings. The highest BCUT2D eigenvalue weighted by atomic mass is 32.1. The number of rotatable bonds is 3. The number of hydrogen-bond acceptors (Lipinski definition) is 6. The van der Waals surface area contributed by atoms with Crippen LogP contribution in [0.25, 0.3) is 5.65 Å². The van der Waals surface area contributed by atoms with Gasteiger partial charge in [0.05, 0.1) is 5.01 Å². The molecule has 0 bridgehead atoms. The van der Waals surface area contributed by atoms with Crippen LogP contribution in [0.4, 0.5) is 19.0 Å². The topological polar surface area (TPSA) is 59.2 Å². The number of halogens is 3. The molecule has 0 amide bonds. The summed E-state index contributed by atoms with van der Waals surface area (Å²) in [5, 5.41) is 14.8. The predicted molar refractivity (Wildman–Crippen MR) is 94.1 cm³/mol. The number of anilines is 1. The normalized spacial score (nSPS) is 21.1. The first kappa shape index (κ1) is 16.9. The highest BCUT2D eigenvalue weighted by Crippen LogP contribution is 2.39. The summed E-state index contributed by atoms with van der Waals surface area (Å²) in [6.45, 7) is 1.44. The predicted octanol–water partition coefficient (Wildman–Crippen LogP) is 3.86. The number of fused-ring (bicyclic) bond motifs is 1. The maximum atomic E-state index is 12.8. The van der Waals surface area contributed by atoms with Crippen molar-refractivity contribution in [2.75, 3.05) is 18.0 Å². The molecule has 142 valence electrons. The van der Waals surface area contributed by atoms with E-state index in [2.05, 4.69) is 20.1 Å². The van der Waals surface area contributed by atoms with Crippen molar-refractivity contribution in [3.8, 4) is 0 Å². The molecule has 10 heteroatoms. The Morgan fingerprint density at radius 2 is 1.93 bits per heavy atom. The van der Waals surface area contributed by atoms with Crippen LogP contribution in [0, 0.1) is 0 Å². The van der Waals surface area contributed by atoms with Crippen molar-refractivity contribution >= 4 is 22.8 Å². The molecule has 1 atom stereocenters. The molecule has 3 aromatic heterocycles. The van der Waals surface area contributed by atoms with E-state index < -0.39 is 11.9 Å². The van der Waals surface area contributed by atoms with E-state index in [-0.39, 0.29) is 5.92 Å². The van der Waals surface area contributed by atoms with Crippen LogP contribution in [0.2, 0.25) is 0 Å². The van der Waals surface area contributed by atoms with Gasteiger partial charge in [-0.3, -0.25) is 0 Å². The van der Waals surface area contributed by atoms with Crippen molar-refractivity contribution < 1.29 is 13.2 Å². The zero-order valence-corrected chi connectivity index (χ0v) is 15.2. The minimum Gasteiger partial charge on any atom is -0.354 e. The molecule has 27 heavy (non-hydrogen) atoms. The summed E-state index contributed by atoms with van der Waals surface area (Å²) < 4.78 is 40.3. The van der Waals surface area contributed by atoms with Gasteiger partial charge in [-0.25, -0.2) is 4.98 Å². The monoisotopic (exact) mass is 394 g/mol. The molecule has 2 aliphatic rings. The summed E-state index contributed by atoms with van der Waals surface area (Å²) in [5.41, 5.74) is -0.0679. The molecular formula is C17H17F3N6S. The molecule has 6 nitrogen and oxygen atoms in total. The Hall–Kier alpha value is -2.23. The van der Waals surface area contributed by atoms with Gasteiger partial charge in [0.1, 0.15) is 5.82 Å². The smallest absolute Gasteiger partial charge is 0.354 e. The molecule has 3 aromatic rings. The molecule has 1 unspecified atom stereocenters. The second-order valence-electron chi connectivity index (χ2n) is 7.15. The molecule has 1 saturated carbocycles. The van der Waals surface area contributed by atoms with Gasteiger partial charge < -0.3 is 4.90 Å². The number of thiazole rings is 1. The van der Waals surface area contributed by atoms with E-state index in [1.165, 1.54) is 0 Å². The molecule has 0 spiro atoms. The lowest BCUT2D eigenvalue weighted by Gasteiger charge is -2.32. The van der Waals surface area contributed by atoms with Crippen molar-refractivity contribution in [3.05, 3.63) is 34.0 Å². The lowest BCUT2D eigenvalue weighted by atomic mass is 9.99. The van der Waals surface area contributed by atoms with Crippen LogP contribution in [0.1, 0.15) is 54.0 Å². The van der Waals surface area contributed by atoms with Gasteiger partial charge in [0, 0.05) is 30.3 Å². The van der Waals surface area contributed by atoms with Crippen LogP contribution in [-0.4, -0.2) is 37.9 Å². The van der Waals surface area contributed by atoms with Gasteiger partial charge in [-0.1, -0.05) is 0 Å². The lowest BCUT2D eigenvalue weighted by molar-refractivity contribution is -0.140. The van der Waals surface area contributed by atoms with Crippen LogP contribution in [0.3, 0.4) is 0 Å². The van der Waals surface area contributed by atoms with E-state index in [1.807, 2.05) is 16.6 Å². The zero-order valence-electron chi connectivity index (χ0n) is 14.4. The standard InChI is InChI=1S/C17H17F3N6S/c18-17(19,20)12-9-27-16(21-12)11-2-1-7-25(8-11)14-6-5-13-22-23-15(10-3-4-10)26(13)24-14/h5-6,9-11H,1-4,7-8H2. The molecule has 0 N–H and O–H groups in total.